The van der Waals surface area contributed by atoms with Crippen molar-refractivity contribution < 1.29 is 13.5 Å². The molecule has 19 heavy (non-hydrogen) atoms. The van der Waals surface area contributed by atoms with E-state index in [1.807, 2.05) is 0 Å². The fraction of sp³-hybridized carbons (Fsp3) is 0.200. The zero-order valence-corrected chi connectivity index (χ0v) is 10.8. The molecule has 0 amide bonds. The molecule has 2 rings (SSSR count). The lowest BCUT2D eigenvalue weighted by molar-refractivity contribution is 0.463. The Morgan fingerprint density at radius 1 is 1.11 bits per heavy atom. The van der Waals surface area contributed by atoms with Crippen molar-refractivity contribution in [2.24, 2.45) is 5.73 Å². The summed E-state index contributed by atoms with van der Waals surface area (Å²) in [6, 6.07) is 8.30. The molecule has 2 N–H and O–H groups in total. The van der Waals surface area contributed by atoms with E-state index in [4.69, 9.17) is 10.5 Å². The van der Waals surface area contributed by atoms with Gasteiger partial charge < -0.3 is 10.5 Å². The van der Waals surface area contributed by atoms with E-state index in [0.29, 0.717) is 22.6 Å². The molecule has 0 aliphatic carbocycles. The van der Waals surface area contributed by atoms with Gasteiger partial charge in [0.15, 0.2) is 0 Å². The van der Waals surface area contributed by atoms with Crippen LogP contribution in [-0.4, -0.2) is 0 Å². The van der Waals surface area contributed by atoms with Gasteiger partial charge in [-0.15, -0.1) is 0 Å². The van der Waals surface area contributed by atoms with Crippen molar-refractivity contribution in [3.05, 3.63) is 59.2 Å². The van der Waals surface area contributed by atoms with Crippen molar-refractivity contribution in [3.63, 3.8) is 0 Å². The molecular formula is C15H15F2NO. The van der Waals surface area contributed by atoms with Gasteiger partial charge in [-0.3, -0.25) is 0 Å². The van der Waals surface area contributed by atoms with Gasteiger partial charge in [-0.25, -0.2) is 8.78 Å². The smallest absolute Gasteiger partial charge is 0.132 e. The Morgan fingerprint density at radius 2 is 1.84 bits per heavy atom. The summed E-state index contributed by atoms with van der Waals surface area (Å²) >= 11 is 0. The largest absolute Gasteiger partial charge is 0.457 e. The van der Waals surface area contributed by atoms with E-state index in [9.17, 15) is 8.78 Å². The average molecular weight is 263 g/mol. The van der Waals surface area contributed by atoms with Gasteiger partial charge in [-0.2, -0.15) is 0 Å². The second kappa shape index (κ2) is 5.36. The van der Waals surface area contributed by atoms with Gasteiger partial charge in [0.25, 0.3) is 0 Å². The quantitative estimate of drug-likeness (QED) is 0.905. The maximum atomic E-state index is 13.4. The van der Waals surface area contributed by atoms with E-state index < -0.39 is 0 Å². The molecule has 1 unspecified atom stereocenters. The minimum absolute atomic E-state index is 0.345. The summed E-state index contributed by atoms with van der Waals surface area (Å²) in [5.41, 5.74) is 6.85. The third-order valence-corrected chi connectivity index (χ3v) is 2.83. The van der Waals surface area contributed by atoms with Crippen molar-refractivity contribution in [1.82, 2.24) is 0 Å². The van der Waals surface area contributed by atoms with Crippen LogP contribution in [0.5, 0.6) is 11.5 Å². The molecule has 0 aliphatic rings. The first kappa shape index (κ1) is 13.5. The molecule has 0 spiro atoms. The Kier molecular flexibility index (Phi) is 3.81. The van der Waals surface area contributed by atoms with Gasteiger partial charge >= 0.3 is 0 Å². The van der Waals surface area contributed by atoms with E-state index >= 15 is 0 Å². The molecule has 0 saturated carbocycles. The lowest BCUT2D eigenvalue weighted by atomic mass is 10.1. The van der Waals surface area contributed by atoms with E-state index in [1.165, 1.54) is 24.3 Å². The summed E-state index contributed by atoms with van der Waals surface area (Å²) < 4.78 is 32.2. The number of ether oxygens (including phenoxy) is 1. The number of rotatable bonds is 3. The lowest BCUT2D eigenvalue weighted by Crippen LogP contribution is -2.07. The molecule has 100 valence electrons. The fourth-order valence-corrected chi connectivity index (χ4v) is 1.73. The molecule has 0 aromatic heterocycles. The van der Waals surface area contributed by atoms with Crippen LogP contribution in [0, 0.1) is 18.6 Å². The summed E-state index contributed by atoms with van der Waals surface area (Å²) in [6.45, 7) is 3.40. The topological polar surface area (TPSA) is 35.2 Å². The normalized spacial score (nSPS) is 12.3. The number of halogens is 2. The molecular weight excluding hydrogens is 248 g/mol. The molecule has 0 bridgehead atoms. The van der Waals surface area contributed by atoms with Gasteiger partial charge in [0, 0.05) is 17.7 Å². The molecule has 0 saturated heterocycles. The molecule has 0 radical (unpaired) electrons. The van der Waals surface area contributed by atoms with Gasteiger partial charge in [-0.1, -0.05) is 6.07 Å². The standard InChI is InChI=1S/C15H15F2NO/c1-9-3-5-12(8-14(9)17)19-15-6-4-11(16)7-13(15)10(2)18/h3-8,10H,18H2,1-2H3. The van der Waals surface area contributed by atoms with Crippen LogP contribution in [0.2, 0.25) is 0 Å². The van der Waals surface area contributed by atoms with Gasteiger partial charge in [0.1, 0.15) is 23.1 Å². The maximum Gasteiger partial charge on any atom is 0.132 e. The monoisotopic (exact) mass is 263 g/mol. The third-order valence-electron chi connectivity index (χ3n) is 2.83. The first-order chi connectivity index (χ1) is 8.97. The Bertz CT molecular complexity index is 597. The third kappa shape index (κ3) is 3.09. The highest BCUT2D eigenvalue weighted by atomic mass is 19.1. The first-order valence-corrected chi connectivity index (χ1v) is 5.96. The highest BCUT2D eigenvalue weighted by Gasteiger charge is 2.11. The predicted molar refractivity (Wildman–Crippen MR) is 70.2 cm³/mol. The molecule has 0 aliphatic heterocycles. The molecule has 0 heterocycles. The first-order valence-electron chi connectivity index (χ1n) is 5.96. The molecule has 2 aromatic rings. The second-order valence-corrected chi connectivity index (χ2v) is 4.48. The average Bonchev–Trinajstić information content (AvgIpc) is 2.36. The number of nitrogens with two attached hydrogens (primary N) is 1. The highest BCUT2D eigenvalue weighted by Crippen LogP contribution is 2.30. The molecule has 2 aromatic carbocycles. The summed E-state index contributed by atoms with van der Waals surface area (Å²) in [7, 11) is 0. The summed E-state index contributed by atoms with van der Waals surface area (Å²) in [5.74, 6) is 0.0629. The minimum Gasteiger partial charge on any atom is -0.457 e. The van der Waals surface area contributed by atoms with Crippen molar-refractivity contribution in [2.75, 3.05) is 0 Å². The molecule has 1 atom stereocenters. The van der Waals surface area contributed by atoms with Crippen LogP contribution in [0.25, 0.3) is 0 Å². The van der Waals surface area contributed by atoms with Gasteiger partial charge in [-0.05, 0) is 43.7 Å². The maximum absolute atomic E-state index is 13.4. The Hall–Kier alpha value is -1.94. The minimum atomic E-state index is -0.380. The lowest BCUT2D eigenvalue weighted by Gasteiger charge is -2.14. The fourth-order valence-electron chi connectivity index (χ4n) is 1.73. The van der Waals surface area contributed by atoms with Crippen LogP contribution < -0.4 is 10.5 Å². The number of hydrogen-bond acceptors (Lipinski definition) is 2. The summed E-state index contributed by atoms with van der Waals surface area (Å²) in [4.78, 5) is 0. The highest BCUT2D eigenvalue weighted by molar-refractivity contribution is 5.40. The number of benzene rings is 2. The van der Waals surface area contributed by atoms with E-state index in [-0.39, 0.29) is 17.7 Å². The molecule has 0 fully saturated rings. The van der Waals surface area contributed by atoms with E-state index in [1.54, 1.807) is 26.0 Å². The number of hydrogen-bond donors (Lipinski definition) is 1. The van der Waals surface area contributed by atoms with Crippen molar-refractivity contribution in [2.45, 2.75) is 19.9 Å². The van der Waals surface area contributed by atoms with Crippen molar-refractivity contribution in [3.8, 4) is 11.5 Å². The zero-order valence-electron chi connectivity index (χ0n) is 10.8. The predicted octanol–water partition coefficient (Wildman–Crippen LogP) is 4.09. The van der Waals surface area contributed by atoms with Gasteiger partial charge in [0.05, 0.1) is 0 Å². The summed E-state index contributed by atoms with van der Waals surface area (Å²) in [6.07, 6.45) is 0. The number of aryl methyl sites for hydroxylation is 1. The van der Waals surface area contributed by atoms with Gasteiger partial charge in [0.2, 0.25) is 0 Å². The van der Waals surface area contributed by atoms with Crippen LogP contribution in [0.15, 0.2) is 36.4 Å². The molecule has 2 nitrogen and oxygen atoms in total. The van der Waals surface area contributed by atoms with Crippen LogP contribution >= 0.6 is 0 Å². The second-order valence-electron chi connectivity index (χ2n) is 4.48. The van der Waals surface area contributed by atoms with Crippen molar-refractivity contribution in [1.29, 1.82) is 0 Å². The van der Waals surface area contributed by atoms with Crippen LogP contribution in [0.3, 0.4) is 0 Å². The van der Waals surface area contributed by atoms with Crippen molar-refractivity contribution >= 4 is 0 Å². The Labute approximate surface area is 110 Å². The van der Waals surface area contributed by atoms with Crippen LogP contribution in [0.1, 0.15) is 24.1 Å². The Balaban J connectivity index is 2.35. The van der Waals surface area contributed by atoms with Crippen LogP contribution in [-0.2, 0) is 0 Å². The Morgan fingerprint density at radius 3 is 2.47 bits per heavy atom. The summed E-state index contributed by atoms with van der Waals surface area (Å²) in [5, 5.41) is 0. The van der Waals surface area contributed by atoms with Crippen LogP contribution in [0.4, 0.5) is 8.78 Å². The van der Waals surface area contributed by atoms with E-state index in [2.05, 4.69) is 0 Å². The van der Waals surface area contributed by atoms with E-state index in [0.717, 1.165) is 0 Å². The SMILES string of the molecule is Cc1ccc(Oc2ccc(F)cc2C(C)N)cc1F. The molecule has 4 heteroatoms. The zero-order chi connectivity index (χ0) is 14.0.